The second-order valence-electron chi connectivity index (χ2n) is 5.65. The molecule has 0 radical (unpaired) electrons. The molecule has 1 aliphatic rings. The van der Waals surface area contributed by atoms with E-state index in [9.17, 15) is 12.8 Å². The Kier molecular flexibility index (Phi) is 6.87. The summed E-state index contributed by atoms with van der Waals surface area (Å²) in [4.78, 5) is -0.415. The first-order valence-corrected chi connectivity index (χ1v) is 9.57. The minimum Gasteiger partial charge on any atom is -0.496 e. The maximum absolute atomic E-state index is 14.2. The Labute approximate surface area is 163 Å². The Bertz CT molecular complexity index is 880. The number of para-hydroxylation sites is 1. The van der Waals surface area contributed by atoms with Gasteiger partial charge < -0.3 is 10.1 Å². The molecular formula is C17H19Cl2FN2O3S. The molecule has 1 N–H and O–H groups in total. The van der Waals surface area contributed by atoms with Crippen molar-refractivity contribution >= 4 is 34.0 Å². The van der Waals surface area contributed by atoms with Crippen LogP contribution in [0.3, 0.4) is 0 Å². The molecule has 0 spiro atoms. The quantitative estimate of drug-likeness (QED) is 0.824. The van der Waals surface area contributed by atoms with Crippen LogP contribution in [0.5, 0.6) is 5.75 Å². The van der Waals surface area contributed by atoms with Crippen LogP contribution in [0, 0.1) is 5.82 Å². The summed E-state index contributed by atoms with van der Waals surface area (Å²) >= 11 is 5.88. The van der Waals surface area contributed by atoms with Gasteiger partial charge in [-0.15, -0.1) is 12.4 Å². The molecule has 0 aliphatic carbocycles. The summed E-state index contributed by atoms with van der Waals surface area (Å²) in [6.07, 6.45) is 0. The summed E-state index contributed by atoms with van der Waals surface area (Å²) in [5.41, 5.74) is 0.725. The van der Waals surface area contributed by atoms with Gasteiger partial charge in [-0.3, -0.25) is 0 Å². The molecule has 142 valence electrons. The van der Waals surface area contributed by atoms with Gasteiger partial charge >= 0.3 is 0 Å². The second kappa shape index (κ2) is 8.54. The van der Waals surface area contributed by atoms with E-state index in [0.717, 1.165) is 17.7 Å². The Morgan fingerprint density at radius 1 is 1.27 bits per heavy atom. The predicted molar refractivity (Wildman–Crippen MR) is 101 cm³/mol. The first kappa shape index (κ1) is 20.9. The molecule has 0 saturated carbocycles. The number of halogens is 3. The highest BCUT2D eigenvalue weighted by Gasteiger charge is 2.37. The molecule has 1 fully saturated rings. The first-order chi connectivity index (χ1) is 11.9. The Hall–Kier alpha value is -1.38. The van der Waals surface area contributed by atoms with Gasteiger partial charge in [-0.05, 0) is 24.3 Å². The lowest BCUT2D eigenvalue weighted by atomic mass is 10.0. The van der Waals surface area contributed by atoms with Crippen LogP contribution >= 0.6 is 24.0 Å². The zero-order valence-electron chi connectivity index (χ0n) is 14.0. The molecule has 1 saturated heterocycles. The van der Waals surface area contributed by atoms with Crippen molar-refractivity contribution < 1.29 is 17.5 Å². The van der Waals surface area contributed by atoms with Gasteiger partial charge in [0.1, 0.15) is 16.5 Å². The molecule has 0 bridgehead atoms. The fourth-order valence-corrected chi connectivity index (χ4v) is 4.92. The van der Waals surface area contributed by atoms with E-state index in [1.165, 1.54) is 17.5 Å². The number of sulfonamides is 1. The van der Waals surface area contributed by atoms with Crippen LogP contribution in [0.2, 0.25) is 5.02 Å². The topological polar surface area (TPSA) is 58.6 Å². The SMILES string of the molecule is COc1ccccc1C1CNCCN1S(=O)(=O)c1cc(Cl)ccc1F.Cl. The molecule has 1 heterocycles. The summed E-state index contributed by atoms with van der Waals surface area (Å²) in [5.74, 6) is -0.232. The van der Waals surface area contributed by atoms with E-state index in [4.69, 9.17) is 16.3 Å². The van der Waals surface area contributed by atoms with Crippen molar-refractivity contribution in [1.82, 2.24) is 9.62 Å². The molecule has 2 aromatic rings. The van der Waals surface area contributed by atoms with E-state index in [1.807, 2.05) is 18.2 Å². The highest BCUT2D eigenvalue weighted by atomic mass is 35.5. The fourth-order valence-electron chi connectivity index (χ4n) is 2.98. The van der Waals surface area contributed by atoms with Gasteiger partial charge in [0, 0.05) is 30.2 Å². The lowest BCUT2D eigenvalue weighted by Crippen LogP contribution is -2.48. The van der Waals surface area contributed by atoms with Crippen molar-refractivity contribution in [2.75, 3.05) is 26.7 Å². The largest absolute Gasteiger partial charge is 0.496 e. The summed E-state index contributed by atoms with van der Waals surface area (Å²) in [6.45, 7) is 1.10. The maximum Gasteiger partial charge on any atom is 0.246 e. The summed E-state index contributed by atoms with van der Waals surface area (Å²) in [7, 11) is -2.53. The van der Waals surface area contributed by atoms with E-state index < -0.39 is 26.8 Å². The van der Waals surface area contributed by atoms with Gasteiger partial charge in [0.15, 0.2) is 0 Å². The van der Waals surface area contributed by atoms with Crippen LogP contribution in [-0.2, 0) is 10.0 Å². The fraction of sp³-hybridized carbons (Fsp3) is 0.294. The number of ether oxygens (including phenoxy) is 1. The van der Waals surface area contributed by atoms with Crippen LogP contribution in [0.1, 0.15) is 11.6 Å². The lowest BCUT2D eigenvalue weighted by Gasteiger charge is -2.36. The zero-order chi connectivity index (χ0) is 18.0. The van der Waals surface area contributed by atoms with Crippen LogP contribution < -0.4 is 10.1 Å². The monoisotopic (exact) mass is 420 g/mol. The minimum absolute atomic E-state index is 0. The van der Waals surface area contributed by atoms with Crippen molar-refractivity contribution in [3.63, 3.8) is 0 Å². The third kappa shape index (κ3) is 3.97. The number of benzene rings is 2. The van der Waals surface area contributed by atoms with Gasteiger partial charge in [-0.2, -0.15) is 4.31 Å². The summed E-state index contributed by atoms with van der Waals surface area (Å²) < 4.78 is 47.1. The number of rotatable bonds is 4. The first-order valence-electron chi connectivity index (χ1n) is 7.75. The Morgan fingerprint density at radius 3 is 2.73 bits per heavy atom. The third-order valence-electron chi connectivity index (χ3n) is 4.17. The molecule has 9 heteroatoms. The van der Waals surface area contributed by atoms with E-state index in [0.29, 0.717) is 18.8 Å². The van der Waals surface area contributed by atoms with Gasteiger partial charge in [0.2, 0.25) is 10.0 Å². The highest BCUT2D eigenvalue weighted by Crippen LogP contribution is 2.35. The van der Waals surface area contributed by atoms with E-state index in [1.54, 1.807) is 6.07 Å². The molecule has 26 heavy (non-hydrogen) atoms. The van der Waals surface area contributed by atoms with Gasteiger partial charge in [-0.1, -0.05) is 29.8 Å². The third-order valence-corrected chi connectivity index (χ3v) is 6.33. The molecule has 1 aliphatic heterocycles. The van der Waals surface area contributed by atoms with Crippen LogP contribution in [0.15, 0.2) is 47.4 Å². The molecule has 0 aromatic heterocycles. The number of nitrogens with zero attached hydrogens (tertiary/aromatic N) is 1. The predicted octanol–water partition coefficient (Wildman–Crippen LogP) is 3.24. The lowest BCUT2D eigenvalue weighted by molar-refractivity contribution is 0.264. The molecule has 5 nitrogen and oxygen atoms in total. The highest BCUT2D eigenvalue weighted by molar-refractivity contribution is 7.89. The minimum atomic E-state index is -4.06. The van der Waals surface area contributed by atoms with Crippen LogP contribution in [0.4, 0.5) is 4.39 Å². The van der Waals surface area contributed by atoms with Crippen molar-refractivity contribution in [2.45, 2.75) is 10.9 Å². The average molecular weight is 421 g/mol. The number of methoxy groups -OCH3 is 1. The van der Waals surface area contributed by atoms with E-state index in [2.05, 4.69) is 5.32 Å². The van der Waals surface area contributed by atoms with Crippen LogP contribution in [0.25, 0.3) is 0 Å². The summed E-state index contributed by atoms with van der Waals surface area (Å²) in [6, 6.07) is 10.2. The van der Waals surface area contributed by atoms with Crippen LogP contribution in [-0.4, -0.2) is 39.5 Å². The van der Waals surface area contributed by atoms with Crippen molar-refractivity contribution in [3.05, 3.63) is 58.9 Å². The van der Waals surface area contributed by atoms with E-state index >= 15 is 0 Å². The van der Waals surface area contributed by atoms with Gasteiger partial charge in [0.25, 0.3) is 0 Å². The molecule has 3 rings (SSSR count). The van der Waals surface area contributed by atoms with E-state index in [-0.39, 0.29) is 24.0 Å². The van der Waals surface area contributed by atoms with Crippen molar-refractivity contribution in [2.24, 2.45) is 0 Å². The molecule has 2 aromatic carbocycles. The normalized spacial score (nSPS) is 18.2. The number of hydrogen-bond acceptors (Lipinski definition) is 4. The zero-order valence-corrected chi connectivity index (χ0v) is 16.4. The van der Waals surface area contributed by atoms with Gasteiger partial charge in [0.05, 0.1) is 13.2 Å². The Morgan fingerprint density at radius 2 is 2.00 bits per heavy atom. The number of nitrogens with one attached hydrogen (secondary N) is 1. The summed E-state index contributed by atoms with van der Waals surface area (Å²) in [5, 5.41) is 3.35. The standard InChI is InChI=1S/C17H18ClFN2O3S.ClH/c1-24-16-5-3-2-4-13(16)15-11-20-8-9-21(15)25(22,23)17-10-12(18)6-7-14(17)19;/h2-7,10,15,20H,8-9,11H2,1H3;1H. The molecular weight excluding hydrogens is 402 g/mol. The average Bonchev–Trinajstić information content (AvgIpc) is 2.63. The molecule has 1 unspecified atom stereocenters. The smallest absolute Gasteiger partial charge is 0.246 e. The Balaban J connectivity index is 0.00000243. The second-order valence-corrected chi connectivity index (χ2v) is 7.95. The molecule has 0 amide bonds. The van der Waals surface area contributed by atoms with Crippen molar-refractivity contribution in [3.8, 4) is 5.75 Å². The maximum atomic E-state index is 14.2. The van der Waals surface area contributed by atoms with Gasteiger partial charge in [-0.25, -0.2) is 12.8 Å². The van der Waals surface area contributed by atoms with Crippen molar-refractivity contribution in [1.29, 1.82) is 0 Å². The number of piperazine rings is 1. The molecule has 1 atom stereocenters. The number of hydrogen-bond donors (Lipinski definition) is 1.